The zero-order valence-corrected chi connectivity index (χ0v) is 10.7. The third kappa shape index (κ3) is 2.97. The van der Waals surface area contributed by atoms with Crippen molar-refractivity contribution in [2.75, 3.05) is 0 Å². The molecule has 0 radical (unpaired) electrons. The Morgan fingerprint density at radius 2 is 1.56 bits per heavy atom. The highest BCUT2D eigenvalue weighted by atomic mass is 16.4. The number of carbonyl (C=O) groups is 2. The molecule has 2 atom stereocenters. The fourth-order valence-electron chi connectivity index (χ4n) is 2.16. The van der Waals surface area contributed by atoms with Gasteiger partial charge in [0.25, 0.3) is 0 Å². The van der Waals surface area contributed by atoms with Gasteiger partial charge in [-0.1, -0.05) is 27.7 Å². The van der Waals surface area contributed by atoms with Gasteiger partial charge in [-0.25, -0.2) is 0 Å². The van der Waals surface area contributed by atoms with Gasteiger partial charge in [0.05, 0.1) is 5.41 Å². The highest BCUT2D eigenvalue weighted by molar-refractivity contribution is 5.76. The van der Waals surface area contributed by atoms with Crippen LogP contribution in [0.5, 0.6) is 0 Å². The summed E-state index contributed by atoms with van der Waals surface area (Å²) in [5.74, 6) is -2.28. The SMILES string of the molecule is CC(C)C(CC(=O)O)C(C)(C(=O)O)C(C)C. The second-order valence-corrected chi connectivity index (χ2v) is 5.19. The predicted octanol–water partition coefficient (Wildman–Crippen LogP) is 2.48. The molecule has 0 spiro atoms. The van der Waals surface area contributed by atoms with Crippen molar-refractivity contribution in [3.8, 4) is 0 Å². The van der Waals surface area contributed by atoms with Crippen LogP contribution < -0.4 is 0 Å². The molecule has 4 heteroatoms. The standard InChI is InChI=1S/C12H22O4/c1-7(2)9(6-10(13)14)12(5,8(3)4)11(15)16/h7-9H,6H2,1-5H3,(H,13,14)(H,15,16). The van der Waals surface area contributed by atoms with E-state index in [0.717, 1.165) is 0 Å². The minimum absolute atomic E-state index is 0.0274. The predicted molar refractivity (Wildman–Crippen MR) is 61.2 cm³/mol. The minimum Gasteiger partial charge on any atom is -0.481 e. The molecule has 0 aromatic carbocycles. The Bertz CT molecular complexity index is 270. The van der Waals surface area contributed by atoms with E-state index < -0.39 is 17.4 Å². The molecule has 0 bridgehead atoms. The van der Waals surface area contributed by atoms with Gasteiger partial charge in [0, 0.05) is 6.42 Å². The first-order valence-corrected chi connectivity index (χ1v) is 5.59. The molecule has 0 fully saturated rings. The molecular weight excluding hydrogens is 208 g/mol. The molecule has 4 nitrogen and oxygen atoms in total. The van der Waals surface area contributed by atoms with Crippen LogP contribution in [0, 0.1) is 23.2 Å². The van der Waals surface area contributed by atoms with Crippen LogP contribution in [0.1, 0.15) is 41.0 Å². The molecule has 0 rings (SSSR count). The van der Waals surface area contributed by atoms with Gasteiger partial charge in [0.2, 0.25) is 0 Å². The molecular formula is C12H22O4. The van der Waals surface area contributed by atoms with E-state index in [1.807, 2.05) is 27.7 Å². The summed E-state index contributed by atoms with van der Waals surface area (Å²) < 4.78 is 0. The number of aliphatic carboxylic acids is 2. The largest absolute Gasteiger partial charge is 0.481 e. The molecule has 94 valence electrons. The van der Waals surface area contributed by atoms with E-state index in [0.29, 0.717) is 0 Å². The molecule has 2 unspecified atom stereocenters. The Labute approximate surface area is 96.7 Å². The third-order valence-electron chi connectivity index (χ3n) is 3.63. The van der Waals surface area contributed by atoms with E-state index in [2.05, 4.69) is 0 Å². The van der Waals surface area contributed by atoms with Gasteiger partial charge in [0.1, 0.15) is 0 Å². The van der Waals surface area contributed by atoms with Crippen molar-refractivity contribution in [3.05, 3.63) is 0 Å². The van der Waals surface area contributed by atoms with Crippen LogP contribution in [0.3, 0.4) is 0 Å². The highest BCUT2D eigenvalue weighted by Gasteiger charge is 2.46. The third-order valence-corrected chi connectivity index (χ3v) is 3.63. The lowest BCUT2D eigenvalue weighted by molar-refractivity contribution is -0.158. The van der Waals surface area contributed by atoms with Crippen molar-refractivity contribution in [2.24, 2.45) is 23.2 Å². The van der Waals surface area contributed by atoms with Gasteiger partial charge in [-0.15, -0.1) is 0 Å². The maximum atomic E-state index is 11.4. The van der Waals surface area contributed by atoms with E-state index in [9.17, 15) is 14.7 Å². The number of hydrogen-bond donors (Lipinski definition) is 2. The van der Waals surface area contributed by atoms with Crippen molar-refractivity contribution in [3.63, 3.8) is 0 Å². The van der Waals surface area contributed by atoms with Gasteiger partial charge in [0.15, 0.2) is 0 Å². The van der Waals surface area contributed by atoms with Crippen LogP contribution in [-0.4, -0.2) is 22.2 Å². The van der Waals surface area contributed by atoms with Gasteiger partial charge < -0.3 is 10.2 Å². The summed E-state index contributed by atoms with van der Waals surface area (Å²) in [6.45, 7) is 9.04. The molecule has 0 aliphatic heterocycles. The van der Waals surface area contributed by atoms with E-state index >= 15 is 0 Å². The van der Waals surface area contributed by atoms with Gasteiger partial charge in [-0.05, 0) is 24.7 Å². The Balaban J connectivity index is 5.27. The minimum atomic E-state index is -0.993. The first kappa shape index (κ1) is 14.9. The summed E-state index contributed by atoms with van der Waals surface area (Å²) >= 11 is 0. The molecule has 0 aromatic heterocycles. The quantitative estimate of drug-likeness (QED) is 0.735. The van der Waals surface area contributed by atoms with E-state index in [1.165, 1.54) is 0 Å². The fourth-order valence-corrected chi connectivity index (χ4v) is 2.16. The average Bonchev–Trinajstić information content (AvgIpc) is 2.11. The van der Waals surface area contributed by atoms with E-state index in [1.54, 1.807) is 6.92 Å². The summed E-state index contributed by atoms with van der Waals surface area (Å²) in [4.78, 5) is 22.2. The van der Waals surface area contributed by atoms with Crippen LogP contribution >= 0.6 is 0 Å². The Hall–Kier alpha value is -1.06. The number of rotatable bonds is 6. The Morgan fingerprint density at radius 1 is 1.12 bits per heavy atom. The van der Waals surface area contributed by atoms with E-state index in [4.69, 9.17) is 5.11 Å². The molecule has 0 saturated heterocycles. The van der Waals surface area contributed by atoms with Gasteiger partial charge >= 0.3 is 11.9 Å². The van der Waals surface area contributed by atoms with Crippen molar-refractivity contribution in [1.29, 1.82) is 0 Å². The lowest BCUT2D eigenvalue weighted by Crippen LogP contribution is -2.43. The summed E-state index contributed by atoms with van der Waals surface area (Å²) in [6.07, 6.45) is -0.0986. The molecule has 0 aliphatic carbocycles. The summed E-state index contributed by atoms with van der Waals surface area (Å²) in [5.41, 5.74) is -0.993. The smallest absolute Gasteiger partial charge is 0.309 e. The maximum absolute atomic E-state index is 11.4. The number of carboxylic acids is 2. The highest BCUT2D eigenvalue weighted by Crippen LogP contribution is 2.42. The first-order chi connectivity index (χ1) is 7.13. The average molecular weight is 230 g/mol. The molecule has 16 heavy (non-hydrogen) atoms. The lowest BCUT2D eigenvalue weighted by Gasteiger charge is -2.39. The summed E-state index contributed by atoms with van der Waals surface area (Å²) in [5, 5.41) is 18.2. The van der Waals surface area contributed by atoms with Crippen LogP contribution in [0.4, 0.5) is 0 Å². The normalized spacial score (nSPS) is 17.2. The summed E-state index contributed by atoms with van der Waals surface area (Å²) in [7, 11) is 0. The zero-order valence-electron chi connectivity index (χ0n) is 10.7. The molecule has 0 amide bonds. The number of hydrogen-bond acceptors (Lipinski definition) is 2. The van der Waals surface area contributed by atoms with Crippen LogP contribution in [0.15, 0.2) is 0 Å². The van der Waals surface area contributed by atoms with Gasteiger partial charge in [-0.2, -0.15) is 0 Å². The van der Waals surface area contributed by atoms with Crippen molar-refractivity contribution in [2.45, 2.75) is 41.0 Å². The summed E-state index contributed by atoms with van der Waals surface area (Å²) in [6, 6.07) is 0. The maximum Gasteiger partial charge on any atom is 0.309 e. The molecule has 0 saturated carbocycles. The Kier molecular flexibility index (Phi) is 4.97. The van der Waals surface area contributed by atoms with Crippen molar-refractivity contribution >= 4 is 11.9 Å². The monoisotopic (exact) mass is 230 g/mol. The van der Waals surface area contributed by atoms with Crippen LogP contribution in [-0.2, 0) is 9.59 Å². The second-order valence-electron chi connectivity index (χ2n) is 5.19. The second kappa shape index (κ2) is 5.32. The topological polar surface area (TPSA) is 74.6 Å². The Morgan fingerprint density at radius 3 is 1.75 bits per heavy atom. The van der Waals surface area contributed by atoms with Crippen molar-refractivity contribution < 1.29 is 19.8 Å². The molecule has 0 aliphatic rings. The van der Waals surface area contributed by atoms with Gasteiger partial charge in [-0.3, -0.25) is 9.59 Å². The fraction of sp³-hybridized carbons (Fsp3) is 0.833. The number of carboxylic acid groups (broad SMARTS) is 2. The molecule has 0 aromatic rings. The first-order valence-electron chi connectivity index (χ1n) is 5.59. The van der Waals surface area contributed by atoms with Crippen molar-refractivity contribution in [1.82, 2.24) is 0 Å². The molecule has 2 N–H and O–H groups in total. The van der Waals surface area contributed by atoms with E-state index in [-0.39, 0.29) is 24.2 Å². The van der Waals surface area contributed by atoms with Crippen LogP contribution in [0.2, 0.25) is 0 Å². The zero-order chi connectivity index (χ0) is 13.1. The lowest BCUT2D eigenvalue weighted by atomic mass is 9.64. The van der Waals surface area contributed by atoms with Crippen LogP contribution in [0.25, 0.3) is 0 Å². The molecule has 0 heterocycles.